The highest BCUT2D eigenvalue weighted by Crippen LogP contribution is 2.12. The number of Topliss-reactive ketones (excluding diaryl/α,β-unsaturated/α-hetero) is 1. The molecule has 0 radical (unpaired) electrons. The van der Waals surface area contributed by atoms with Crippen LogP contribution in [0.3, 0.4) is 0 Å². The van der Waals surface area contributed by atoms with Crippen LogP contribution in [-0.4, -0.2) is 54.8 Å². The minimum Gasteiger partial charge on any atom is -0.298 e. The summed E-state index contributed by atoms with van der Waals surface area (Å²) in [5, 5.41) is 8.01. The highest BCUT2D eigenvalue weighted by molar-refractivity contribution is 7.88. The van der Waals surface area contributed by atoms with Crippen LogP contribution in [0.4, 0.5) is 0 Å². The van der Waals surface area contributed by atoms with Gasteiger partial charge in [-0.2, -0.15) is 14.5 Å². The summed E-state index contributed by atoms with van der Waals surface area (Å²) < 4.78 is 23.5. The quantitative estimate of drug-likeness (QED) is 0.764. The number of pyridine rings is 1. The molecule has 0 unspecified atom stereocenters. The Kier molecular flexibility index (Phi) is 4.59. The van der Waals surface area contributed by atoms with Gasteiger partial charge in [0.15, 0.2) is 5.78 Å². The highest BCUT2D eigenvalue weighted by Gasteiger charge is 2.20. The normalized spacial score (nSPS) is 15.0. The molecule has 0 N–H and O–H groups in total. The zero-order chi connectivity index (χ0) is 15.5. The van der Waals surface area contributed by atoms with Crippen LogP contribution < -0.4 is 0 Å². The fourth-order valence-electron chi connectivity index (χ4n) is 1.82. The van der Waals surface area contributed by atoms with Crippen molar-refractivity contribution >= 4 is 27.2 Å². The molecule has 0 aliphatic carbocycles. The van der Waals surface area contributed by atoms with Gasteiger partial charge in [-0.3, -0.25) is 9.78 Å². The molecular weight excluding hydrogens is 292 g/mol. The number of carbonyl (C=O) groups excluding carboxylic acids is 1. The Morgan fingerprint density at radius 3 is 2.71 bits per heavy atom. The summed E-state index contributed by atoms with van der Waals surface area (Å²) in [5.41, 5.74) is 2.08. The van der Waals surface area contributed by atoms with Crippen molar-refractivity contribution in [1.29, 1.82) is 0 Å². The van der Waals surface area contributed by atoms with E-state index in [1.54, 1.807) is 6.20 Å². The van der Waals surface area contributed by atoms with Crippen molar-refractivity contribution in [3.05, 3.63) is 30.1 Å². The smallest absolute Gasteiger partial charge is 0.211 e. The van der Waals surface area contributed by atoms with E-state index in [1.807, 2.05) is 18.2 Å². The number of sulfonamides is 1. The van der Waals surface area contributed by atoms with Gasteiger partial charge < -0.3 is 0 Å². The Balaban J connectivity index is 1.89. The number of hydrogen-bond donors (Lipinski definition) is 0. The van der Waals surface area contributed by atoms with E-state index < -0.39 is 10.0 Å². The third-order valence-corrected chi connectivity index (χ3v) is 4.27. The third-order valence-electron chi connectivity index (χ3n) is 3.01. The Bertz CT molecular complexity index is 695. The Morgan fingerprint density at radius 1 is 1.33 bits per heavy atom. The van der Waals surface area contributed by atoms with Crippen LogP contribution in [0.2, 0.25) is 0 Å². The summed E-state index contributed by atoms with van der Waals surface area (Å²) in [5.74, 6) is -0.209. The van der Waals surface area contributed by atoms with Gasteiger partial charge in [-0.25, -0.2) is 8.42 Å². The van der Waals surface area contributed by atoms with Crippen molar-refractivity contribution in [2.24, 2.45) is 10.2 Å². The Hall–Kier alpha value is -1.93. The summed E-state index contributed by atoms with van der Waals surface area (Å²) in [4.78, 5) is 16.0. The SMILES string of the molecule is CN(CC(=O)CC1=NN=C(c2ccccn2)C1)S(C)(=O)=O. The molecule has 0 saturated heterocycles. The van der Waals surface area contributed by atoms with Gasteiger partial charge in [-0.15, -0.1) is 0 Å². The Morgan fingerprint density at radius 2 is 2.10 bits per heavy atom. The van der Waals surface area contributed by atoms with E-state index in [4.69, 9.17) is 0 Å². The number of hydrogen-bond acceptors (Lipinski definition) is 6. The predicted octanol–water partition coefficient (Wildman–Crippen LogP) is 0.481. The van der Waals surface area contributed by atoms with Gasteiger partial charge >= 0.3 is 0 Å². The van der Waals surface area contributed by atoms with Crippen LogP contribution in [0.15, 0.2) is 34.6 Å². The first-order valence-electron chi connectivity index (χ1n) is 6.33. The largest absolute Gasteiger partial charge is 0.298 e. The zero-order valence-electron chi connectivity index (χ0n) is 11.9. The molecule has 8 heteroatoms. The molecule has 112 valence electrons. The summed E-state index contributed by atoms with van der Waals surface area (Å²) >= 11 is 0. The molecule has 21 heavy (non-hydrogen) atoms. The van der Waals surface area contributed by atoms with E-state index in [0.29, 0.717) is 12.1 Å². The molecule has 0 aromatic carbocycles. The summed E-state index contributed by atoms with van der Waals surface area (Å²) in [7, 11) is -1.98. The molecule has 1 aliphatic rings. The third kappa shape index (κ3) is 4.27. The lowest BCUT2D eigenvalue weighted by atomic mass is 10.1. The van der Waals surface area contributed by atoms with E-state index in [-0.39, 0.29) is 18.7 Å². The van der Waals surface area contributed by atoms with E-state index in [2.05, 4.69) is 15.2 Å². The van der Waals surface area contributed by atoms with E-state index in [0.717, 1.165) is 22.0 Å². The molecule has 1 aliphatic heterocycles. The first-order valence-corrected chi connectivity index (χ1v) is 8.18. The summed E-state index contributed by atoms with van der Waals surface area (Å²) in [6.07, 6.45) is 3.29. The van der Waals surface area contributed by atoms with Crippen LogP contribution in [0.25, 0.3) is 0 Å². The van der Waals surface area contributed by atoms with Crippen molar-refractivity contribution < 1.29 is 13.2 Å². The lowest BCUT2D eigenvalue weighted by Crippen LogP contribution is -2.32. The van der Waals surface area contributed by atoms with Gasteiger partial charge in [0.05, 0.1) is 29.9 Å². The molecule has 0 saturated carbocycles. The van der Waals surface area contributed by atoms with E-state index >= 15 is 0 Å². The molecular formula is C13H16N4O3S. The van der Waals surface area contributed by atoms with E-state index in [1.165, 1.54) is 7.05 Å². The lowest BCUT2D eigenvalue weighted by Gasteiger charge is -2.12. The van der Waals surface area contributed by atoms with Crippen molar-refractivity contribution in [3.8, 4) is 0 Å². The van der Waals surface area contributed by atoms with Crippen LogP contribution >= 0.6 is 0 Å². The molecule has 2 rings (SSSR count). The standard InChI is InChI=1S/C13H16N4O3S/c1-17(21(2,19)20)9-11(18)7-10-8-13(16-15-10)12-5-3-4-6-14-12/h3-6H,7-9H2,1-2H3. The second-order valence-electron chi connectivity index (χ2n) is 4.84. The second kappa shape index (κ2) is 6.23. The van der Waals surface area contributed by atoms with Crippen molar-refractivity contribution in [2.75, 3.05) is 19.8 Å². The molecule has 1 aromatic rings. The van der Waals surface area contributed by atoms with Gasteiger partial charge in [-0.05, 0) is 12.1 Å². The van der Waals surface area contributed by atoms with Gasteiger partial charge in [0, 0.05) is 26.1 Å². The van der Waals surface area contributed by atoms with Gasteiger partial charge in [0.25, 0.3) is 0 Å². The van der Waals surface area contributed by atoms with Crippen LogP contribution in [-0.2, 0) is 14.8 Å². The minimum absolute atomic E-state index is 0.0969. The number of ketones is 1. The number of rotatable bonds is 6. The maximum atomic E-state index is 11.8. The number of nitrogens with zero attached hydrogens (tertiary/aromatic N) is 4. The molecule has 7 nitrogen and oxygen atoms in total. The zero-order valence-corrected chi connectivity index (χ0v) is 12.7. The van der Waals surface area contributed by atoms with Crippen LogP contribution in [0.1, 0.15) is 18.5 Å². The maximum absolute atomic E-state index is 11.8. The summed E-state index contributed by atoms with van der Waals surface area (Å²) in [6, 6.07) is 5.50. The van der Waals surface area contributed by atoms with Crippen molar-refractivity contribution in [3.63, 3.8) is 0 Å². The Labute approximate surface area is 123 Å². The van der Waals surface area contributed by atoms with Crippen molar-refractivity contribution in [2.45, 2.75) is 12.8 Å². The average molecular weight is 308 g/mol. The fraction of sp³-hybridized carbons (Fsp3) is 0.385. The molecule has 1 aromatic heterocycles. The van der Waals surface area contributed by atoms with Gasteiger partial charge in [-0.1, -0.05) is 6.07 Å². The van der Waals surface area contributed by atoms with Crippen LogP contribution in [0, 0.1) is 0 Å². The number of carbonyl (C=O) groups is 1. The monoisotopic (exact) mass is 308 g/mol. The van der Waals surface area contributed by atoms with Crippen LogP contribution in [0.5, 0.6) is 0 Å². The molecule has 2 heterocycles. The number of aromatic nitrogens is 1. The number of likely N-dealkylation sites (N-methyl/N-ethyl adjacent to an activating group) is 1. The fourth-order valence-corrected chi connectivity index (χ4v) is 2.20. The molecule has 0 amide bonds. The average Bonchev–Trinajstić information content (AvgIpc) is 2.87. The molecule has 0 atom stereocenters. The first-order chi connectivity index (χ1) is 9.86. The van der Waals surface area contributed by atoms with Crippen molar-refractivity contribution in [1.82, 2.24) is 9.29 Å². The molecule has 0 fully saturated rings. The molecule has 0 spiro atoms. The maximum Gasteiger partial charge on any atom is 0.211 e. The topological polar surface area (TPSA) is 92.1 Å². The second-order valence-corrected chi connectivity index (χ2v) is 6.93. The van der Waals surface area contributed by atoms with Gasteiger partial charge in [0.1, 0.15) is 0 Å². The first kappa shape index (κ1) is 15.5. The lowest BCUT2D eigenvalue weighted by molar-refractivity contribution is -0.117. The predicted molar refractivity (Wildman–Crippen MR) is 79.9 cm³/mol. The minimum atomic E-state index is -3.35. The summed E-state index contributed by atoms with van der Waals surface area (Å²) in [6.45, 7) is -0.156. The van der Waals surface area contributed by atoms with E-state index in [9.17, 15) is 13.2 Å². The molecule has 0 bridgehead atoms. The van der Waals surface area contributed by atoms with Gasteiger partial charge in [0.2, 0.25) is 10.0 Å². The highest BCUT2D eigenvalue weighted by atomic mass is 32.2.